The van der Waals surface area contributed by atoms with Gasteiger partial charge in [-0.25, -0.2) is 0 Å². The van der Waals surface area contributed by atoms with Crippen LogP contribution in [0.5, 0.6) is 0 Å². The Morgan fingerprint density at radius 1 is 1.11 bits per heavy atom. The highest BCUT2D eigenvalue weighted by molar-refractivity contribution is 5.22. The van der Waals surface area contributed by atoms with E-state index >= 15 is 0 Å². The van der Waals surface area contributed by atoms with Crippen LogP contribution in [-0.2, 0) is 0 Å². The fourth-order valence-electron chi connectivity index (χ4n) is 0.455. The van der Waals surface area contributed by atoms with Crippen molar-refractivity contribution in [1.82, 2.24) is 0 Å². The van der Waals surface area contributed by atoms with E-state index in [9.17, 15) is 0 Å². The lowest BCUT2D eigenvalue weighted by atomic mass is 10.2. The molecule has 2 N–H and O–H groups in total. The molecular formula is C8H15N. The van der Waals surface area contributed by atoms with Crippen molar-refractivity contribution in [3.63, 3.8) is 0 Å². The second kappa shape index (κ2) is 3.33. The summed E-state index contributed by atoms with van der Waals surface area (Å²) in [5.41, 5.74) is 8.93. The number of hydrogen-bond donors (Lipinski definition) is 1. The highest BCUT2D eigenvalue weighted by Crippen LogP contribution is 2.00. The molecule has 9 heavy (non-hydrogen) atoms. The second-order valence-electron chi connectivity index (χ2n) is 2.68. The molecule has 1 nitrogen and oxygen atoms in total. The molecule has 1 heteroatoms. The van der Waals surface area contributed by atoms with Crippen molar-refractivity contribution >= 4 is 0 Å². The normalized spacial score (nSPS) is 8.44. The molecule has 0 aromatic heterocycles. The number of hydrogen-bond acceptors (Lipinski definition) is 1. The first-order valence-electron chi connectivity index (χ1n) is 3.12. The van der Waals surface area contributed by atoms with Gasteiger partial charge >= 0.3 is 0 Å². The molecule has 52 valence electrons. The van der Waals surface area contributed by atoms with E-state index in [1.54, 1.807) is 0 Å². The van der Waals surface area contributed by atoms with Gasteiger partial charge in [-0.2, -0.15) is 0 Å². The van der Waals surface area contributed by atoms with Gasteiger partial charge < -0.3 is 5.73 Å². The van der Waals surface area contributed by atoms with Crippen LogP contribution in [0.15, 0.2) is 22.9 Å². The van der Waals surface area contributed by atoms with Crippen LogP contribution >= 0.6 is 0 Å². The van der Waals surface area contributed by atoms with Crippen molar-refractivity contribution in [3.8, 4) is 0 Å². The van der Waals surface area contributed by atoms with Crippen molar-refractivity contribution in [2.24, 2.45) is 5.73 Å². The van der Waals surface area contributed by atoms with Gasteiger partial charge in [0.15, 0.2) is 0 Å². The Balaban J connectivity index is 4.25. The summed E-state index contributed by atoms with van der Waals surface area (Å²) < 4.78 is 0. The smallest absolute Gasteiger partial charge is 0.0299 e. The van der Waals surface area contributed by atoms with Gasteiger partial charge in [-0.1, -0.05) is 11.1 Å². The van der Waals surface area contributed by atoms with Crippen LogP contribution in [0.1, 0.15) is 27.7 Å². The van der Waals surface area contributed by atoms with Crippen molar-refractivity contribution in [2.75, 3.05) is 0 Å². The minimum absolute atomic E-state index is 0.884. The molecule has 0 radical (unpaired) electrons. The van der Waals surface area contributed by atoms with E-state index in [1.807, 2.05) is 33.8 Å². The van der Waals surface area contributed by atoms with Crippen molar-refractivity contribution in [2.45, 2.75) is 27.7 Å². The van der Waals surface area contributed by atoms with E-state index in [0.717, 1.165) is 5.70 Å². The van der Waals surface area contributed by atoms with E-state index < -0.39 is 0 Å². The molecule has 0 unspecified atom stereocenters. The standard InChI is InChI=1S/C8H15N/c1-6(2)5-8(9)7(3)4/h5H,9H2,1-4H3. The molecule has 0 atom stereocenters. The van der Waals surface area contributed by atoms with Crippen molar-refractivity contribution < 1.29 is 0 Å². The van der Waals surface area contributed by atoms with Crippen LogP contribution in [0.2, 0.25) is 0 Å². The number of nitrogens with two attached hydrogens (primary N) is 1. The highest BCUT2D eigenvalue weighted by atomic mass is 14.6. The molecule has 0 aromatic rings. The Morgan fingerprint density at radius 2 is 1.56 bits per heavy atom. The van der Waals surface area contributed by atoms with E-state index in [4.69, 9.17) is 5.73 Å². The third-order valence-electron chi connectivity index (χ3n) is 1.02. The first-order chi connectivity index (χ1) is 4.04. The molecule has 0 rings (SSSR count). The first kappa shape index (κ1) is 8.28. The first-order valence-corrected chi connectivity index (χ1v) is 3.12. The molecule has 0 amide bonds. The third-order valence-corrected chi connectivity index (χ3v) is 1.02. The van der Waals surface area contributed by atoms with Crippen LogP contribution in [0.25, 0.3) is 0 Å². The van der Waals surface area contributed by atoms with Crippen LogP contribution in [-0.4, -0.2) is 0 Å². The summed E-state index contributed by atoms with van der Waals surface area (Å²) in [6, 6.07) is 0. The summed E-state index contributed by atoms with van der Waals surface area (Å²) in [7, 11) is 0. The van der Waals surface area contributed by atoms with Gasteiger partial charge in [-0.3, -0.25) is 0 Å². The van der Waals surface area contributed by atoms with Crippen molar-refractivity contribution in [1.29, 1.82) is 0 Å². The summed E-state index contributed by atoms with van der Waals surface area (Å²) in [5.74, 6) is 0. The Morgan fingerprint density at radius 3 is 1.67 bits per heavy atom. The van der Waals surface area contributed by atoms with E-state index in [1.165, 1.54) is 11.1 Å². The molecule has 0 aliphatic carbocycles. The maximum Gasteiger partial charge on any atom is 0.0299 e. The Bertz CT molecular complexity index is 144. The van der Waals surface area contributed by atoms with E-state index in [0.29, 0.717) is 0 Å². The Hall–Kier alpha value is -0.720. The van der Waals surface area contributed by atoms with Gasteiger partial charge in [-0.05, 0) is 33.8 Å². The minimum atomic E-state index is 0.884. The fraction of sp³-hybridized carbons (Fsp3) is 0.500. The number of allylic oxidation sites excluding steroid dienone is 3. The molecule has 0 saturated carbocycles. The topological polar surface area (TPSA) is 26.0 Å². The van der Waals surface area contributed by atoms with E-state index in [2.05, 4.69) is 0 Å². The molecule has 0 aliphatic heterocycles. The van der Waals surface area contributed by atoms with Gasteiger partial charge in [0.1, 0.15) is 0 Å². The fourth-order valence-corrected chi connectivity index (χ4v) is 0.455. The quantitative estimate of drug-likeness (QED) is 0.534. The Labute approximate surface area is 57.3 Å². The lowest BCUT2D eigenvalue weighted by molar-refractivity contribution is 1.23. The molecule has 0 saturated heterocycles. The van der Waals surface area contributed by atoms with Crippen LogP contribution in [0.3, 0.4) is 0 Å². The maximum atomic E-state index is 5.62. The molecular weight excluding hydrogens is 110 g/mol. The van der Waals surface area contributed by atoms with Crippen LogP contribution in [0, 0.1) is 0 Å². The van der Waals surface area contributed by atoms with E-state index in [-0.39, 0.29) is 0 Å². The van der Waals surface area contributed by atoms with Crippen LogP contribution < -0.4 is 5.73 Å². The zero-order chi connectivity index (χ0) is 7.44. The molecule has 0 aromatic carbocycles. The third kappa shape index (κ3) is 3.83. The monoisotopic (exact) mass is 125 g/mol. The molecule has 0 fully saturated rings. The molecule has 0 bridgehead atoms. The zero-order valence-corrected chi connectivity index (χ0v) is 6.65. The second-order valence-corrected chi connectivity index (χ2v) is 2.68. The predicted molar refractivity (Wildman–Crippen MR) is 42.0 cm³/mol. The lowest BCUT2D eigenvalue weighted by Crippen LogP contribution is -1.95. The molecule has 0 heterocycles. The SMILES string of the molecule is CC(C)=CC(N)=C(C)C. The zero-order valence-electron chi connectivity index (χ0n) is 6.65. The van der Waals surface area contributed by atoms with Gasteiger partial charge in [0.05, 0.1) is 0 Å². The summed E-state index contributed by atoms with van der Waals surface area (Å²) in [4.78, 5) is 0. The summed E-state index contributed by atoms with van der Waals surface area (Å²) in [6.45, 7) is 8.09. The van der Waals surface area contributed by atoms with Gasteiger partial charge in [0.25, 0.3) is 0 Å². The summed E-state index contributed by atoms with van der Waals surface area (Å²) in [6.07, 6.45) is 1.98. The molecule has 0 spiro atoms. The average Bonchev–Trinajstić information content (AvgIpc) is 1.63. The lowest BCUT2D eigenvalue weighted by Gasteiger charge is -1.95. The van der Waals surface area contributed by atoms with Crippen molar-refractivity contribution in [3.05, 3.63) is 22.9 Å². The largest absolute Gasteiger partial charge is 0.399 e. The average molecular weight is 125 g/mol. The van der Waals surface area contributed by atoms with Crippen LogP contribution in [0.4, 0.5) is 0 Å². The Kier molecular flexibility index (Phi) is 3.07. The minimum Gasteiger partial charge on any atom is -0.399 e. The van der Waals surface area contributed by atoms with Gasteiger partial charge in [0.2, 0.25) is 0 Å². The predicted octanol–water partition coefficient (Wildman–Crippen LogP) is 2.21. The summed E-state index contributed by atoms with van der Waals surface area (Å²) >= 11 is 0. The maximum absolute atomic E-state index is 5.62. The highest BCUT2D eigenvalue weighted by Gasteiger charge is 1.85. The number of rotatable bonds is 1. The molecule has 0 aliphatic rings. The van der Waals surface area contributed by atoms with Gasteiger partial charge in [0, 0.05) is 5.70 Å². The van der Waals surface area contributed by atoms with Gasteiger partial charge in [-0.15, -0.1) is 0 Å². The summed E-state index contributed by atoms with van der Waals surface area (Å²) in [5, 5.41) is 0.